The number of amides is 1. The monoisotopic (exact) mass is 521 g/mol. The standard InChI is InChI=1S/C16H18BrN5OS.C2HF3O2/c17-14-4-3-13(24-14)9(7-18)5-16(23)20-10-1-2-11-12(6-10)22-15(8-19)21-11;3-2(4,5)1(6)7/h1-4,6,9H,5,7-8,18-19H2,(H,20,23)(H,21,22);(H,6,7). The van der Waals surface area contributed by atoms with Crippen molar-refractivity contribution in [3.05, 3.63) is 44.8 Å². The summed E-state index contributed by atoms with van der Waals surface area (Å²) in [7, 11) is 0. The average molecular weight is 522 g/mol. The maximum Gasteiger partial charge on any atom is 0.490 e. The van der Waals surface area contributed by atoms with Gasteiger partial charge in [-0.3, -0.25) is 4.79 Å². The summed E-state index contributed by atoms with van der Waals surface area (Å²) in [6.07, 6.45) is -4.74. The summed E-state index contributed by atoms with van der Waals surface area (Å²) in [6, 6.07) is 9.53. The Labute approximate surface area is 187 Å². The normalized spacial score (nSPS) is 12.2. The van der Waals surface area contributed by atoms with E-state index in [1.165, 1.54) is 0 Å². The summed E-state index contributed by atoms with van der Waals surface area (Å²) >= 11 is 5.05. The molecule has 0 saturated carbocycles. The number of hydrogen-bond donors (Lipinski definition) is 5. The van der Waals surface area contributed by atoms with Crippen molar-refractivity contribution in [3.63, 3.8) is 0 Å². The van der Waals surface area contributed by atoms with Gasteiger partial charge in [-0.1, -0.05) is 0 Å². The largest absolute Gasteiger partial charge is 0.490 e. The number of aliphatic carboxylic acids is 1. The van der Waals surface area contributed by atoms with Crippen molar-refractivity contribution in [3.8, 4) is 0 Å². The zero-order valence-corrected chi connectivity index (χ0v) is 18.3. The van der Waals surface area contributed by atoms with Gasteiger partial charge < -0.3 is 26.9 Å². The lowest BCUT2D eigenvalue weighted by Crippen LogP contribution is -2.21. The number of nitrogens with one attached hydrogen (secondary N) is 2. The number of nitrogens with zero attached hydrogens (tertiary/aromatic N) is 1. The third kappa shape index (κ3) is 7.31. The first kappa shape index (κ1) is 24.8. The Morgan fingerprint density at radius 2 is 1.94 bits per heavy atom. The van der Waals surface area contributed by atoms with E-state index < -0.39 is 12.1 Å². The van der Waals surface area contributed by atoms with Gasteiger partial charge in [-0.2, -0.15) is 13.2 Å². The second-order valence-electron chi connectivity index (χ2n) is 6.25. The minimum absolute atomic E-state index is 0.0148. The third-order valence-corrected chi connectivity index (χ3v) is 5.75. The third-order valence-electron chi connectivity index (χ3n) is 3.96. The maximum atomic E-state index is 12.3. The second-order valence-corrected chi connectivity index (χ2v) is 8.74. The van der Waals surface area contributed by atoms with Gasteiger partial charge in [0.15, 0.2) is 0 Å². The molecule has 13 heteroatoms. The highest BCUT2D eigenvalue weighted by atomic mass is 79.9. The van der Waals surface area contributed by atoms with E-state index in [0.29, 0.717) is 19.5 Å². The highest BCUT2D eigenvalue weighted by Gasteiger charge is 2.38. The number of carboxylic acids is 1. The minimum atomic E-state index is -5.08. The first-order chi connectivity index (χ1) is 14.5. The highest BCUT2D eigenvalue weighted by molar-refractivity contribution is 9.11. The van der Waals surface area contributed by atoms with Crippen LogP contribution in [0, 0.1) is 0 Å². The number of rotatable bonds is 6. The van der Waals surface area contributed by atoms with Crippen molar-refractivity contribution >= 4 is 55.9 Å². The fourth-order valence-electron chi connectivity index (χ4n) is 2.52. The number of carboxylic acid groups (broad SMARTS) is 1. The van der Waals surface area contributed by atoms with Crippen LogP contribution in [0.1, 0.15) is 23.0 Å². The number of aromatic amines is 1. The van der Waals surface area contributed by atoms with Gasteiger partial charge in [0, 0.05) is 29.4 Å². The molecule has 3 aromatic rings. The van der Waals surface area contributed by atoms with Crippen LogP contribution in [-0.2, 0) is 16.1 Å². The summed E-state index contributed by atoms with van der Waals surface area (Å²) in [4.78, 5) is 29.8. The number of carbonyl (C=O) groups excluding carboxylic acids is 1. The van der Waals surface area contributed by atoms with Crippen molar-refractivity contribution in [1.82, 2.24) is 9.97 Å². The molecule has 3 rings (SSSR count). The lowest BCUT2D eigenvalue weighted by atomic mass is 10.0. The number of carbonyl (C=O) groups is 2. The van der Waals surface area contributed by atoms with E-state index in [0.717, 1.165) is 31.2 Å². The van der Waals surface area contributed by atoms with Gasteiger partial charge in [-0.05, 0) is 46.3 Å². The number of fused-ring (bicyclic) bond motifs is 1. The number of benzene rings is 1. The van der Waals surface area contributed by atoms with Crippen LogP contribution in [0.15, 0.2) is 34.1 Å². The maximum absolute atomic E-state index is 12.3. The number of nitrogens with two attached hydrogens (primary N) is 2. The molecule has 0 spiro atoms. The zero-order valence-electron chi connectivity index (χ0n) is 15.9. The molecular formula is C18H19BrF3N5O3S. The predicted octanol–water partition coefficient (Wildman–Crippen LogP) is 3.55. The molecule has 7 N–H and O–H groups in total. The molecule has 1 aromatic carbocycles. The molecule has 0 aliphatic carbocycles. The summed E-state index contributed by atoms with van der Waals surface area (Å²) in [5, 5.41) is 10.0. The van der Waals surface area contributed by atoms with Gasteiger partial charge in [-0.15, -0.1) is 11.3 Å². The Balaban J connectivity index is 0.000000423. The fourth-order valence-corrected chi connectivity index (χ4v) is 4.06. The number of hydrogen-bond acceptors (Lipinski definition) is 6. The predicted molar refractivity (Wildman–Crippen MR) is 115 cm³/mol. The topological polar surface area (TPSA) is 147 Å². The summed E-state index contributed by atoms with van der Waals surface area (Å²) < 4.78 is 32.8. The van der Waals surface area contributed by atoms with E-state index >= 15 is 0 Å². The fraction of sp³-hybridized carbons (Fsp3) is 0.278. The molecule has 31 heavy (non-hydrogen) atoms. The molecule has 1 atom stereocenters. The lowest BCUT2D eigenvalue weighted by Gasteiger charge is -2.13. The molecule has 1 amide bonds. The minimum Gasteiger partial charge on any atom is -0.475 e. The van der Waals surface area contributed by atoms with Gasteiger partial charge in [0.2, 0.25) is 5.91 Å². The Hall–Kier alpha value is -2.48. The van der Waals surface area contributed by atoms with Crippen molar-refractivity contribution in [2.75, 3.05) is 11.9 Å². The van der Waals surface area contributed by atoms with Crippen molar-refractivity contribution in [1.29, 1.82) is 0 Å². The summed E-state index contributed by atoms with van der Waals surface area (Å²) in [6.45, 7) is 0.782. The number of alkyl halides is 3. The Morgan fingerprint density at radius 3 is 2.45 bits per heavy atom. The number of thiophene rings is 1. The molecule has 2 heterocycles. The molecule has 2 aromatic heterocycles. The molecule has 0 aliphatic rings. The number of imidazole rings is 1. The van der Waals surface area contributed by atoms with Crippen molar-refractivity contribution in [2.24, 2.45) is 11.5 Å². The van der Waals surface area contributed by atoms with E-state index in [1.807, 2.05) is 30.3 Å². The van der Waals surface area contributed by atoms with Crippen LogP contribution in [0.2, 0.25) is 0 Å². The van der Waals surface area contributed by atoms with Crippen molar-refractivity contribution in [2.45, 2.75) is 25.1 Å². The number of halogens is 4. The van der Waals surface area contributed by atoms with Crippen LogP contribution in [0.25, 0.3) is 11.0 Å². The second kappa shape index (κ2) is 10.7. The number of H-pyrrole nitrogens is 1. The molecule has 168 valence electrons. The number of anilines is 1. The lowest BCUT2D eigenvalue weighted by molar-refractivity contribution is -0.192. The van der Waals surface area contributed by atoms with Crippen molar-refractivity contribution < 1.29 is 27.9 Å². The van der Waals surface area contributed by atoms with Gasteiger partial charge in [-0.25, -0.2) is 9.78 Å². The van der Waals surface area contributed by atoms with Gasteiger partial charge in [0.25, 0.3) is 0 Å². The molecule has 0 aliphatic heterocycles. The highest BCUT2D eigenvalue weighted by Crippen LogP contribution is 2.30. The van der Waals surface area contributed by atoms with Crippen LogP contribution in [-0.4, -0.2) is 39.7 Å². The summed E-state index contributed by atoms with van der Waals surface area (Å²) in [5.74, 6) is -2.08. The Morgan fingerprint density at radius 1 is 1.26 bits per heavy atom. The van der Waals surface area contributed by atoms with Crippen LogP contribution < -0.4 is 16.8 Å². The number of aromatic nitrogens is 2. The first-order valence-electron chi connectivity index (χ1n) is 8.77. The Kier molecular flexibility index (Phi) is 8.56. The Bertz CT molecular complexity index is 1050. The van der Waals surface area contributed by atoms with Gasteiger partial charge >= 0.3 is 12.1 Å². The molecular weight excluding hydrogens is 503 g/mol. The molecule has 8 nitrogen and oxygen atoms in total. The van der Waals surface area contributed by atoms with Crippen LogP contribution in [0.4, 0.5) is 18.9 Å². The van der Waals surface area contributed by atoms with Crippen LogP contribution in [0.3, 0.4) is 0 Å². The van der Waals surface area contributed by atoms with Crippen LogP contribution in [0.5, 0.6) is 0 Å². The van der Waals surface area contributed by atoms with E-state index in [-0.39, 0.29) is 11.8 Å². The van der Waals surface area contributed by atoms with E-state index in [9.17, 15) is 18.0 Å². The average Bonchev–Trinajstić information content (AvgIpc) is 3.31. The quantitative estimate of drug-likeness (QED) is 0.335. The SMILES string of the molecule is NCc1nc2ccc(NC(=O)CC(CN)c3ccc(Br)s3)cc2[nH]1.O=C(O)C(F)(F)F. The molecule has 1 unspecified atom stereocenters. The molecule has 0 saturated heterocycles. The first-order valence-corrected chi connectivity index (χ1v) is 10.4. The van der Waals surface area contributed by atoms with Crippen LogP contribution >= 0.6 is 27.3 Å². The van der Waals surface area contributed by atoms with E-state index in [2.05, 4.69) is 31.2 Å². The molecule has 0 radical (unpaired) electrons. The zero-order chi connectivity index (χ0) is 23.2. The summed E-state index contributed by atoms with van der Waals surface area (Å²) in [5.41, 5.74) is 13.8. The molecule has 0 bridgehead atoms. The van der Waals surface area contributed by atoms with Gasteiger partial charge in [0.1, 0.15) is 5.82 Å². The van der Waals surface area contributed by atoms with E-state index in [1.54, 1.807) is 11.3 Å². The van der Waals surface area contributed by atoms with Gasteiger partial charge in [0.05, 0.1) is 21.4 Å². The molecule has 0 fully saturated rings. The smallest absolute Gasteiger partial charge is 0.475 e. The van der Waals surface area contributed by atoms with E-state index in [4.69, 9.17) is 21.4 Å².